The molecule has 1 amide bonds. The van der Waals surface area contributed by atoms with Gasteiger partial charge in [-0.1, -0.05) is 17.7 Å². The lowest BCUT2D eigenvalue weighted by Gasteiger charge is -2.05. The molecule has 0 spiro atoms. The minimum atomic E-state index is -4.28. The summed E-state index contributed by atoms with van der Waals surface area (Å²) >= 11 is -2.68. The van der Waals surface area contributed by atoms with Crippen LogP contribution >= 0.6 is 0 Å². The minimum Gasteiger partial charge on any atom is -0.324 e. The topological polar surface area (TPSA) is 110 Å². The molecular formula is C8H9NO6S2. The number of hydrogen-bond donors (Lipinski definition) is 2. The van der Waals surface area contributed by atoms with Crippen molar-refractivity contribution in [3.8, 4) is 0 Å². The van der Waals surface area contributed by atoms with E-state index >= 15 is 0 Å². The molecule has 0 aromatic heterocycles. The third kappa shape index (κ3) is 4.13. The maximum Gasteiger partial charge on any atom is 0.436 e. The van der Waals surface area contributed by atoms with Gasteiger partial charge in [0.25, 0.3) is 11.3 Å². The molecule has 9 heteroatoms. The second-order valence-electron chi connectivity index (χ2n) is 2.99. The summed E-state index contributed by atoms with van der Waals surface area (Å²) in [5.74, 6) is 0. The summed E-state index contributed by atoms with van der Waals surface area (Å²) in [5, 5.41) is 0. The van der Waals surface area contributed by atoms with Crippen LogP contribution in [-0.4, -0.2) is 23.3 Å². The van der Waals surface area contributed by atoms with E-state index in [0.29, 0.717) is 0 Å². The van der Waals surface area contributed by atoms with Gasteiger partial charge in [0.1, 0.15) is 4.90 Å². The number of carbonyl (C=O) groups excluding carboxylic acids is 1. The maximum atomic E-state index is 11.5. The van der Waals surface area contributed by atoms with E-state index in [1.807, 2.05) is 0 Å². The third-order valence-electron chi connectivity index (χ3n) is 1.67. The highest BCUT2D eigenvalue weighted by Gasteiger charge is 2.20. The molecule has 0 heterocycles. The highest BCUT2D eigenvalue weighted by atomic mass is 32.2. The molecule has 0 saturated heterocycles. The molecule has 0 fully saturated rings. The Hall–Kier alpha value is -1.45. The van der Waals surface area contributed by atoms with Crippen LogP contribution in [0.25, 0.3) is 0 Å². The summed E-state index contributed by atoms with van der Waals surface area (Å²) in [5.41, 5.74) is 0.838. The average molecular weight is 279 g/mol. The average Bonchev–Trinajstić information content (AvgIpc) is 2.15. The van der Waals surface area contributed by atoms with E-state index in [-0.39, 0.29) is 4.90 Å². The van der Waals surface area contributed by atoms with Crippen LogP contribution in [0, 0.1) is 6.92 Å². The van der Waals surface area contributed by atoms with Crippen molar-refractivity contribution in [1.29, 1.82) is 0 Å². The third-order valence-corrected chi connectivity index (χ3v) is 3.23. The van der Waals surface area contributed by atoms with Gasteiger partial charge in [0, 0.05) is 0 Å². The first-order chi connectivity index (χ1) is 7.81. The van der Waals surface area contributed by atoms with E-state index in [1.54, 1.807) is 6.92 Å². The molecule has 0 radical (unpaired) electrons. The highest BCUT2D eigenvalue weighted by molar-refractivity contribution is 7.87. The predicted octanol–water partition coefficient (Wildman–Crippen LogP) is 0.547. The van der Waals surface area contributed by atoms with Gasteiger partial charge >= 0.3 is 16.2 Å². The van der Waals surface area contributed by atoms with Gasteiger partial charge in [-0.2, -0.15) is 8.42 Å². The van der Waals surface area contributed by atoms with Gasteiger partial charge in [-0.05, 0) is 19.1 Å². The van der Waals surface area contributed by atoms with Crippen LogP contribution in [0.5, 0.6) is 0 Å². The number of amides is 1. The van der Waals surface area contributed by atoms with Gasteiger partial charge in [-0.25, -0.2) is 13.7 Å². The van der Waals surface area contributed by atoms with Crippen LogP contribution in [0.2, 0.25) is 0 Å². The Morgan fingerprint density at radius 1 is 1.35 bits per heavy atom. The summed E-state index contributed by atoms with van der Waals surface area (Å²) in [6, 6.07) is 5.57. The van der Waals surface area contributed by atoms with Gasteiger partial charge in [0.05, 0.1) is 0 Å². The number of aryl methyl sites for hydroxylation is 1. The smallest absolute Gasteiger partial charge is 0.324 e. The van der Waals surface area contributed by atoms with Crippen molar-refractivity contribution in [2.75, 3.05) is 0 Å². The minimum absolute atomic E-state index is 0.220. The predicted molar refractivity (Wildman–Crippen MR) is 58.8 cm³/mol. The van der Waals surface area contributed by atoms with Crippen molar-refractivity contribution < 1.29 is 26.2 Å². The fourth-order valence-corrected chi connectivity index (χ4v) is 1.98. The second kappa shape index (κ2) is 5.25. The molecule has 1 aromatic carbocycles. The van der Waals surface area contributed by atoms with Crippen molar-refractivity contribution in [2.45, 2.75) is 11.8 Å². The van der Waals surface area contributed by atoms with E-state index in [9.17, 15) is 17.4 Å². The largest absolute Gasteiger partial charge is 0.436 e. The zero-order valence-electron chi connectivity index (χ0n) is 8.61. The number of carbonyl (C=O) groups is 1. The molecule has 0 aliphatic rings. The number of hydrogen-bond acceptors (Lipinski definition) is 5. The molecular weight excluding hydrogens is 270 g/mol. The Morgan fingerprint density at radius 2 is 1.88 bits per heavy atom. The molecule has 0 aliphatic carbocycles. The molecule has 0 saturated carbocycles. The molecule has 2 N–H and O–H groups in total. The summed E-state index contributed by atoms with van der Waals surface area (Å²) in [4.78, 5) is 10.6. The van der Waals surface area contributed by atoms with E-state index in [1.165, 1.54) is 29.0 Å². The molecule has 17 heavy (non-hydrogen) atoms. The Labute approximate surface area is 100 Å². The van der Waals surface area contributed by atoms with Crippen molar-refractivity contribution >= 4 is 27.5 Å². The van der Waals surface area contributed by atoms with Gasteiger partial charge < -0.3 is 4.18 Å². The first-order valence-corrected chi connectivity index (χ1v) is 6.75. The van der Waals surface area contributed by atoms with Crippen LogP contribution in [0.1, 0.15) is 5.56 Å². The first kappa shape index (κ1) is 13.6. The van der Waals surface area contributed by atoms with Gasteiger partial charge in [0.2, 0.25) is 0 Å². The zero-order valence-corrected chi connectivity index (χ0v) is 10.2. The van der Waals surface area contributed by atoms with E-state index in [0.717, 1.165) is 5.56 Å². The fourth-order valence-electron chi connectivity index (χ4n) is 0.941. The monoisotopic (exact) mass is 279 g/mol. The SMILES string of the molecule is Cc1ccc(S(=O)(=O)OC(=O)NS(=O)O)cc1. The molecule has 94 valence electrons. The Balaban J connectivity index is 2.86. The number of benzene rings is 1. The summed E-state index contributed by atoms with van der Waals surface area (Å²) < 4.78 is 46.8. The summed E-state index contributed by atoms with van der Waals surface area (Å²) in [6.07, 6.45) is -1.52. The van der Waals surface area contributed by atoms with Gasteiger partial charge in [-0.3, -0.25) is 4.55 Å². The zero-order chi connectivity index (χ0) is 13.1. The lowest BCUT2D eigenvalue weighted by molar-refractivity contribution is 0.208. The van der Waals surface area contributed by atoms with Gasteiger partial charge in [0.15, 0.2) is 0 Å². The van der Waals surface area contributed by atoms with Crippen LogP contribution in [0.3, 0.4) is 0 Å². The Bertz CT molecular complexity index is 536. The molecule has 1 aromatic rings. The summed E-state index contributed by atoms with van der Waals surface area (Å²) in [6.45, 7) is 1.76. The van der Waals surface area contributed by atoms with Crippen LogP contribution in [0.15, 0.2) is 29.2 Å². The van der Waals surface area contributed by atoms with Crippen molar-refractivity contribution in [3.63, 3.8) is 0 Å². The van der Waals surface area contributed by atoms with Crippen LogP contribution in [0.4, 0.5) is 4.79 Å². The molecule has 1 atom stereocenters. The number of rotatable bonds is 3. The fraction of sp³-hybridized carbons (Fsp3) is 0.125. The standard InChI is InChI=1S/C8H9NO6S2/c1-6-2-4-7(5-3-6)17(13,14)15-8(10)9-16(11)12/h2-5H,1H3,(H,9,10)(H,11,12). The second-order valence-corrected chi connectivity index (χ2v) is 5.24. The molecule has 0 bridgehead atoms. The lowest BCUT2D eigenvalue weighted by Crippen LogP contribution is -2.28. The maximum absolute atomic E-state index is 11.5. The Kier molecular flexibility index (Phi) is 4.21. The lowest BCUT2D eigenvalue weighted by atomic mass is 10.2. The van der Waals surface area contributed by atoms with Crippen LogP contribution in [-0.2, 0) is 25.6 Å². The molecule has 7 nitrogen and oxygen atoms in total. The Morgan fingerprint density at radius 3 is 2.35 bits per heavy atom. The highest BCUT2D eigenvalue weighted by Crippen LogP contribution is 2.13. The van der Waals surface area contributed by atoms with E-state index in [2.05, 4.69) is 4.18 Å². The molecule has 1 rings (SSSR count). The summed E-state index contributed by atoms with van der Waals surface area (Å²) in [7, 11) is -4.28. The molecule has 1 unspecified atom stereocenters. The van der Waals surface area contributed by atoms with Crippen molar-refractivity contribution in [1.82, 2.24) is 4.72 Å². The first-order valence-electron chi connectivity index (χ1n) is 4.24. The quantitative estimate of drug-likeness (QED) is 0.617. The van der Waals surface area contributed by atoms with Crippen molar-refractivity contribution in [2.24, 2.45) is 0 Å². The van der Waals surface area contributed by atoms with Crippen LogP contribution < -0.4 is 4.72 Å². The van der Waals surface area contributed by atoms with Crippen molar-refractivity contribution in [3.05, 3.63) is 29.8 Å². The van der Waals surface area contributed by atoms with E-state index in [4.69, 9.17) is 4.55 Å². The van der Waals surface area contributed by atoms with E-state index < -0.39 is 27.5 Å². The van der Waals surface area contributed by atoms with Gasteiger partial charge in [-0.15, -0.1) is 0 Å². The molecule has 0 aliphatic heterocycles. The number of nitrogens with one attached hydrogen (secondary N) is 1. The normalized spacial score (nSPS) is 12.8.